The summed E-state index contributed by atoms with van der Waals surface area (Å²) < 4.78 is 0. The Balaban J connectivity index is 0.000000449. The van der Waals surface area contributed by atoms with Crippen molar-refractivity contribution in [3.05, 3.63) is 71.3 Å². The highest BCUT2D eigenvalue weighted by atomic mass is 16.2. The first-order valence-corrected chi connectivity index (χ1v) is 15.9. The number of hydrogen-bond donors (Lipinski definition) is 2. The number of carbonyl (C=O) groups excluding carboxylic acids is 3. The molecule has 2 aromatic carbocycles. The summed E-state index contributed by atoms with van der Waals surface area (Å²) in [5.41, 5.74) is 4.98. The Labute approximate surface area is 260 Å². The highest BCUT2D eigenvalue weighted by molar-refractivity contribution is 5.94. The van der Waals surface area contributed by atoms with Gasteiger partial charge in [-0.25, -0.2) is 0 Å². The number of rotatable bonds is 9. The minimum atomic E-state index is -0.269. The predicted octanol–water partition coefficient (Wildman–Crippen LogP) is 6.34. The maximum absolute atomic E-state index is 13.1. The van der Waals surface area contributed by atoms with E-state index in [0.29, 0.717) is 12.0 Å². The molecule has 0 spiro atoms. The SMILES string of the molecule is C/C(=C\[C@H](C(C)C)N(C)C(=O)CNC=O)C(=O)NC1c2ccccc2-c2ccccc21.CC(C)N1CCCCC1.CCC. The Bertz CT molecular complexity index is 1150. The first kappa shape index (κ1) is 35.7. The largest absolute Gasteiger partial charge is 0.350 e. The normalized spacial score (nSPS) is 15.3. The first-order chi connectivity index (χ1) is 20.6. The molecule has 1 heterocycles. The quantitative estimate of drug-likeness (QED) is 0.264. The lowest BCUT2D eigenvalue weighted by Crippen LogP contribution is -2.43. The standard InChI is InChI=1S/C25H29N3O3.C8H17N.C3H8/c1-16(2)22(28(4)23(30)14-26-15-29)13-17(3)25(31)27-24-20-11-7-5-9-18(20)19-10-6-8-12-21(19)24;1-8(2)9-6-4-3-5-7-9;1-3-2/h5-13,15-16,22,24H,14H2,1-4H3,(H,26,29)(H,27,31);8H,3-7H2,1-2H3;3H2,1-2H3/b17-13+;;/t22-;;/m1../s1. The highest BCUT2D eigenvalue weighted by Crippen LogP contribution is 2.43. The number of piperidine rings is 1. The number of nitrogens with zero attached hydrogens (tertiary/aromatic N) is 2. The minimum Gasteiger partial charge on any atom is -0.350 e. The Hall–Kier alpha value is -3.45. The van der Waals surface area contributed by atoms with Gasteiger partial charge in [-0.1, -0.05) is 95.1 Å². The van der Waals surface area contributed by atoms with Crippen LogP contribution in [0.5, 0.6) is 0 Å². The summed E-state index contributed by atoms with van der Waals surface area (Å²) in [5, 5.41) is 5.56. The van der Waals surface area contributed by atoms with Crippen LogP contribution >= 0.6 is 0 Å². The Kier molecular flexibility index (Phi) is 15.2. The lowest BCUT2D eigenvalue weighted by atomic mass is 9.99. The topological polar surface area (TPSA) is 81.8 Å². The monoisotopic (exact) mass is 590 g/mol. The second kappa shape index (κ2) is 18.3. The molecule has 2 aromatic rings. The van der Waals surface area contributed by atoms with Crippen molar-refractivity contribution in [2.45, 2.75) is 92.3 Å². The van der Waals surface area contributed by atoms with Crippen LogP contribution in [0.3, 0.4) is 0 Å². The number of benzene rings is 2. The molecule has 1 fully saturated rings. The highest BCUT2D eigenvalue weighted by Gasteiger charge is 2.30. The first-order valence-electron chi connectivity index (χ1n) is 15.9. The zero-order valence-corrected chi connectivity index (χ0v) is 27.7. The van der Waals surface area contributed by atoms with E-state index in [0.717, 1.165) is 28.3 Å². The predicted molar refractivity (Wildman–Crippen MR) is 178 cm³/mol. The van der Waals surface area contributed by atoms with Crippen LogP contribution in [0.15, 0.2) is 60.2 Å². The summed E-state index contributed by atoms with van der Waals surface area (Å²) >= 11 is 0. The van der Waals surface area contributed by atoms with Crippen molar-refractivity contribution in [2.75, 3.05) is 26.7 Å². The molecule has 0 bridgehead atoms. The summed E-state index contributed by atoms with van der Waals surface area (Å²) in [6, 6.07) is 16.5. The van der Waals surface area contributed by atoms with E-state index in [2.05, 4.69) is 55.4 Å². The van der Waals surface area contributed by atoms with Crippen molar-refractivity contribution in [1.29, 1.82) is 0 Å². The van der Waals surface area contributed by atoms with E-state index in [1.807, 2.05) is 56.3 Å². The van der Waals surface area contributed by atoms with Crippen LogP contribution in [0.1, 0.15) is 91.3 Å². The summed E-state index contributed by atoms with van der Waals surface area (Å²) in [6.45, 7) is 17.2. The number of carbonyl (C=O) groups is 3. The second-order valence-corrected chi connectivity index (χ2v) is 12.1. The number of fused-ring (bicyclic) bond motifs is 3. The van der Waals surface area contributed by atoms with Crippen LogP contribution in [-0.4, -0.2) is 66.8 Å². The lowest BCUT2D eigenvalue weighted by molar-refractivity contribution is -0.132. The molecule has 0 aromatic heterocycles. The summed E-state index contributed by atoms with van der Waals surface area (Å²) in [6.07, 6.45) is 7.85. The molecule has 1 aliphatic heterocycles. The van der Waals surface area contributed by atoms with Gasteiger partial charge in [0.2, 0.25) is 18.2 Å². The lowest BCUT2D eigenvalue weighted by Gasteiger charge is -2.29. The molecule has 7 heteroatoms. The average molecular weight is 591 g/mol. The van der Waals surface area contributed by atoms with Crippen LogP contribution in [0.25, 0.3) is 11.1 Å². The molecule has 2 aliphatic rings. The molecule has 1 saturated heterocycles. The summed E-state index contributed by atoms with van der Waals surface area (Å²) in [5.74, 6) is -0.288. The van der Waals surface area contributed by atoms with Gasteiger partial charge in [0, 0.05) is 18.7 Å². The number of hydrogen-bond acceptors (Lipinski definition) is 4. The number of amides is 3. The number of likely N-dealkylation sites (N-methyl/N-ethyl adjacent to an activating group) is 1. The van der Waals surface area contributed by atoms with Crippen molar-refractivity contribution in [3.63, 3.8) is 0 Å². The third-order valence-corrected chi connectivity index (χ3v) is 7.87. The molecule has 4 rings (SSSR count). The van der Waals surface area contributed by atoms with Gasteiger partial charge in [-0.15, -0.1) is 0 Å². The van der Waals surface area contributed by atoms with Crippen molar-refractivity contribution in [2.24, 2.45) is 5.92 Å². The molecule has 1 atom stereocenters. The number of likely N-dealkylation sites (tertiary alicyclic amines) is 1. The van der Waals surface area contributed by atoms with E-state index in [-0.39, 0.29) is 36.4 Å². The van der Waals surface area contributed by atoms with Crippen LogP contribution in [-0.2, 0) is 14.4 Å². The Morgan fingerprint density at radius 2 is 1.44 bits per heavy atom. The van der Waals surface area contributed by atoms with Gasteiger partial charge in [0.1, 0.15) is 0 Å². The van der Waals surface area contributed by atoms with Gasteiger partial charge in [0.15, 0.2) is 0 Å². The number of nitrogens with one attached hydrogen (secondary N) is 2. The van der Waals surface area contributed by atoms with E-state index in [1.54, 1.807) is 18.9 Å². The van der Waals surface area contributed by atoms with Crippen LogP contribution < -0.4 is 10.6 Å². The molecule has 0 radical (unpaired) electrons. The van der Waals surface area contributed by atoms with E-state index in [9.17, 15) is 14.4 Å². The van der Waals surface area contributed by atoms with E-state index in [1.165, 1.54) is 38.8 Å². The van der Waals surface area contributed by atoms with E-state index >= 15 is 0 Å². The fraction of sp³-hybridized carbons (Fsp3) is 0.528. The summed E-state index contributed by atoms with van der Waals surface area (Å²) in [4.78, 5) is 40.0. The van der Waals surface area contributed by atoms with Crippen molar-refractivity contribution in [3.8, 4) is 11.1 Å². The minimum absolute atomic E-state index is 0.0715. The Morgan fingerprint density at radius 3 is 1.88 bits per heavy atom. The van der Waals surface area contributed by atoms with Gasteiger partial charge >= 0.3 is 0 Å². The fourth-order valence-electron chi connectivity index (χ4n) is 5.49. The van der Waals surface area contributed by atoms with Gasteiger partial charge in [-0.3, -0.25) is 14.4 Å². The molecular weight excluding hydrogens is 536 g/mol. The average Bonchev–Trinajstić information content (AvgIpc) is 3.32. The van der Waals surface area contributed by atoms with Gasteiger partial charge in [0.05, 0.1) is 18.6 Å². The van der Waals surface area contributed by atoms with Crippen molar-refractivity contribution in [1.82, 2.24) is 20.4 Å². The van der Waals surface area contributed by atoms with Crippen LogP contribution in [0.4, 0.5) is 0 Å². The van der Waals surface area contributed by atoms with Crippen molar-refractivity contribution < 1.29 is 14.4 Å². The molecule has 1 aliphatic carbocycles. The third kappa shape index (κ3) is 10.3. The van der Waals surface area contributed by atoms with Gasteiger partial charge in [-0.2, -0.15) is 0 Å². The zero-order chi connectivity index (χ0) is 31.9. The third-order valence-electron chi connectivity index (χ3n) is 7.87. The molecular formula is C36H54N4O3. The van der Waals surface area contributed by atoms with Crippen molar-refractivity contribution >= 4 is 18.2 Å². The Morgan fingerprint density at radius 1 is 0.930 bits per heavy atom. The smallest absolute Gasteiger partial charge is 0.247 e. The molecule has 3 amide bonds. The maximum atomic E-state index is 13.1. The van der Waals surface area contributed by atoms with Gasteiger partial charge in [0.25, 0.3) is 0 Å². The van der Waals surface area contributed by atoms with E-state index < -0.39 is 0 Å². The van der Waals surface area contributed by atoms with Crippen LogP contribution in [0, 0.1) is 5.92 Å². The maximum Gasteiger partial charge on any atom is 0.247 e. The van der Waals surface area contributed by atoms with Gasteiger partial charge in [-0.05, 0) is 74.9 Å². The molecule has 236 valence electrons. The molecule has 43 heavy (non-hydrogen) atoms. The second-order valence-electron chi connectivity index (χ2n) is 12.1. The molecule has 2 N–H and O–H groups in total. The molecule has 0 saturated carbocycles. The zero-order valence-electron chi connectivity index (χ0n) is 27.7. The van der Waals surface area contributed by atoms with Crippen LogP contribution in [0.2, 0.25) is 0 Å². The van der Waals surface area contributed by atoms with Gasteiger partial charge < -0.3 is 20.4 Å². The summed E-state index contributed by atoms with van der Waals surface area (Å²) in [7, 11) is 1.69. The molecule has 7 nitrogen and oxygen atoms in total. The molecule has 0 unspecified atom stereocenters. The fourth-order valence-corrected chi connectivity index (χ4v) is 5.49. The van der Waals surface area contributed by atoms with E-state index in [4.69, 9.17) is 0 Å².